The largest absolute Gasteiger partial charge is 0.357 e. The lowest BCUT2D eigenvalue weighted by Gasteiger charge is -2.31. The summed E-state index contributed by atoms with van der Waals surface area (Å²) in [4.78, 5) is 15.2. The predicted octanol–water partition coefficient (Wildman–Crippen LogP) is 5.57. The second-order valence-corrected chi connectivity index (χ2v) is 8.75. The van der Waals surface area contributed by atoms with Gasteiger partial charge >= 0.3 is 0 Å². The summed E-state index contributed by atoms with van der Waals surface area (Å²) in [5, 5.41) is 1.25. The molecule has 166 valence electrons. The number of hydrogen-bond acceptors (Lipinski definition) is 4. The van der Waals surface area contributed by atoms with Crippen LogP contribution in [0, 0.1) is 20.8 Å². The molecule has 0 radical (unpaired) electrons. The first-order valence-corrected chi connectivity index (χ1v) is 11.0. The van der Waals surface area contributed by atoms with E-state index in [-0.39, 0.29) is 12.4 Å². The number of halogens is 1. The fourth-order valence-corrected chi connectivity index (χ4v) is 4.66. The van der Waals surface area contributed by atoms with Gasteiger partial charge in [0.2, 0.25) is 0 Å². The number of H-pyrrole nitrogens is 1. The molecule has 0 atom stereocenters. The molecule has 32 heavy (non-hydrogen) atoms. The van der Waals surface area contributed by atoms with Crippen molar-refractivity contribution in [2.45, 2.75) is 39.7 Å². The molecule has 1 fully saturated rings. The lowest BCUT2D eigenvalue weighted by molar-refractivity contribution is 0.498. The first-order valence-electron chi connectivity index (χ1n) is 11.0. The number of hydrogen-bond donors (Lipinski definition) is 2. The maximum atomic E-state index is 6.03. The van der Waals surface area contributed by atoms with Gasteiger partial charge in [-0.3, -0.25) is 4.98 Å². The van der Waals surface area contributed by atoms with Crippen LogP contribution in [0.3, 0.4) is 0 Å². The number of piperidine rings is 1. The van der Waals surface area contributed by atoms with E-state index in [0.29, 0.717) is 6.04 Å². The van der Waals surface area contributed by atoms with Gasteiger partial charge in [0, 0.05) is 64.4 Å². The van der Waals surface area contributed by atoms with E-state index in [2.05, 4.69) is 64.3 Å². The molecule has 4 aromatic rings. The second kappa shape index (κ2) is 8.93. The van der Waals surface area contributed by atoms with E-state index in [1.54, 1.807) is 0 Å². The molecule has 3 aromatic heterocycles. The first-order chi connectivity index (χ1) is 15.0. The van der Waals surface area contributed by atoms with Crippen LogP contribution in [-0.2, 0) is 0 Å². The monoisotopic (exact) mass is 447 g/mol. The Hall–Kier alpha value is -2.89. The molecule has 0 unspecified atom stereocenters. The number of anilines is 1. The van der Waals surface area contributed by atoms with Gasteiger partial charge in [0.25, 0.3) is 0 Å². The molecule has 1 saturated heterocycles. The third-order valence-corrected chi connectivity index (χ3v) is 6.37. The van der Waals surface area contributed by atoms with Crippen molar-refractivity contribution in [1.82, 2.24) is 15.0 Å². The van der Waals surface area contributed by atoms with Crippen molar-refractivity contribution in [1.29, 1.82) is 0 Å². The number of nitrogens with zero attached hydrogens (tertiary/aromatic N) is 3. The minimum atomic E-state index is 0. The minimum Gasteiger partial charge on any atom is -0.357 e. The van der Waals surface area contributed by atoms with Gasteiger partial charge in [0.05, 0.1) is 0 Å². The second-order valence-electron chi connectivity index (χ2n) is 8.75. The lowest BCUT2D eigenvalue weighted by Crippen LogP contribution is -2.40. The van der Waals surface area contributed by atoms with Crippen LogP contribution in [0.4, 0.5) is 5.82 Å². The van der Waals surface area contributed by atoms with Crippen molar-refractivity contribution in [2.24, 2.45) is 5.73 Å². The summed E-state index contributed by atoms with van der Waals surface area (Å²) < 4.78 is 0. The van der Waals surface area contributed by atoms with Gasteiger partial charge in [-0.05, 0) is 75.1 Å². The van der Waals surface area contributed by atoms with Gasteiger partial charge < -0.3 is 15.6 Å². The SMILES string of the molecule is Cc1cc(-c2[nH]c3cc(-c4ccc(N5CCC(N)CC5)nc4)ccc3c2C)cc(C)n1.Cl. The van der Waals surface area contributed by atoms with Crippen molar-refractivity contribution >= 4 is 29.1 Å². The number of rotatable bonds is 3. The molecule has 6 heteroatoms. The Kier molecular flexibility index (Phi) is 6.22. The fourth-order valence-electron chi connectivity index (χ4n) is 4.66. The lowest BCUT2D eigenvalue weighted by atomic mass is 10.0. The molecule has 0 aliphatic carbocycles. The molecule has 5 rings (SSSR count). The number of nitrogens with two attached hydrogens (primary N) is 1. The Morgan fingerprint density at radius 1 is 0.906 bits per heavy atom. The summed E-state index contributed by atoms with van der Waals surface area (Å²) in [6.07, 6.45) is 4.05. The Bertz CT molecular complexity index is 1220. The van der Waals surface area contributed by atoms with Crippen molar-refractivity contribution < 1.29 is 0 Å². The van der Waals surface area contributed by atoms with Crippen molar-refractivity contribution in [3.8, 4) is 22.4 Å². The Morgan fingerprint density at radius 2 is 1.59 bits per heavy atom. The van der Waals surface area contributed by atoms with E-state index in [0.717, 1.165) is 59.9 Å². The summed E-state index contributed by atoms with van der Waals surface area (Å²) in [6, 6.07) is 15.5. The number of fused-ring (bicyclic) bond motifs is 1. The first kappa shape index (κ1) is 22.3. The van der Waals surface area contributed by atoms with E-state index in [9.17, 15) is 0 Å². The normalized spacial score (nSPS) is 14.6. The standard InChI is InChI=1S/C26H29N5.ClH/c1-16-12-21(13-17(2)29-16)26-18(3)23-6-4-19(14-24(23)30-26)20-5-7-25(28-15-20)31-10-8-22(27)9-11-31;/h4-7,12-15,22,30H,8-11,27H2,1-3H3;1H. The number of nitrogens with one attached hydrogen (secondary N) is 1. The van der Waals surface area contributed by atoms with Crippen LogP contribution in [0.25, 0.3) is 33.3 Å². The molecule has 0 saturated carbocycles. The Labute approximate surface area is 195 Å². The minimum absolute atomic E-state index is 0. The number of pyridine rings is 2. The molecule has 5 nitrogen and oxygen atoms in total. The van der Waals surface area contributed by atoms with Crippen molar-refractivity contribution in [2.75, 3.05) is 18.0 Å². The van der Waals surface area contributed by atoms with Crippen LogP contribution in [-0.4, -0.2) is 34.1 Å². The van der Waals surface area contributed by atoms with Crippen LogP contribution in [0.15, 0.2) is 48.7 Å². The van der Waals surface area contributed by atoms with Gasteiger partial charge in [-0.1, -0.05) is 12.1 Å². The predicted molar refractivity (Wildman–Crippen MR) is 136 cm³/mol. The van der Waals surface area contributed by atoms with Gasteiger partial charge in [-0.15, -0.1) is 12.4 Å². The fraction of sp³-hybridized carbons (Fsp3) is 0.308. The van der Waals surface area contributed by atoms with Gasteiger partial charge in [0.15, 0.2) is 0 Å². The summed E-state index contributed by atoms with van der Waals surface area (Å²) >= 11 is 0. The third-order valence-electron chi connectivity index (χ3n) is 6.37. The van der Waals surface area contributed by atoms with Crippen LogP contribution in [0.2, 0.25) is 0 Å². The van der Waals surface area contributed by atoms with Crippen molar-refractivity contribution in [3.63, 3.8) is 0 Å². The van der Waals surface area contributed by atoms with E-state index in [1.807, 2.05) is 20.0 Å². The molecular formula is C26H30ClN5. The third kappa shape index (κ3) is 4.23. The Morgan fingerprint density at radius 3 is 2.25 bits per heavy atom. The topological polar surface area (TPSA) is 70.8 Å². The van der Waals surface area contributed by atoms with Crippen LogP contribution >= 0.6 is 12.4 Å². The Balaban J connectivity index is 0.00000245. The summed E-state index contributed by atoms with van der Waals surface area (Å²) in [5.41, 5.74) is 15.2. The molecule has 1 aliphatic heterocycles. The highest BCUT2D eigenvalue weighted by Crippen LogP contribution is 2.33. The maximum absolute atomic E-state index is 6.03. The molecule has 0 bridgehead atoms. The molecule has 1 aromatic carbocycles. The average molecular weight is 448 g/mol. The number of benzene rings is 1. The van der Waals surface area contributed by atoms with Gasteiger partial charge in [-0.2, -0.15) is 0 Å². The van der Waals surface area contributed by atoms with E-state index in [4.69, 9.17) is 10.7 Å². The zero-order valence-corrected chi connectivity index (χ0v) is 19.7. The molecular weight excluding hydrogens is 418 g/mol. The summed E-state index contributed by atoms with van der Waals surface area (Å²) in [7, 11) is 0. The van der Waals surface area contributed by atoms with E-state index in [1.165, 1.54) is 22.1 Å². The number of aryl methyl sites for hydroxylation is 3. The molecule has 0 spiro atoms. The quantitative estimate of drug-likeness (QED) is 0.431. The smallest absolute Gasteiger partial charge is 0.128 e. The highest BCUT2D eigenvalue weighted by Gasteiger charge is 2.17. The molecule has 1 aliphatic rings. The molecule has 3 N–H and O–H groups in total. The summed E-state index contributed by atoms with van der Waals surface area (Å²) in [5.74, 6) is 1.04. The maximum Gasteiger partial charge on any atom is 0.128 e. The van der Waals surface area contributed by atoms with E-state index < -0.39 is 0 Å². The number of aromatic amines is 1. The van der Waals surface area contributed by atoms with Gasteiger partial charge in [0.1, 0.15) is 5.82 Å². The molecule has 0 amide bonds. The highest BCUT2D eigenvalue weighted by atomic mass is 35.5. The molecule has 4 heterocycles. The number of aromatic nitrogens is 3. The van der Waals surface area contributed by atoms with Crippen molar-refractivity contribution in [3.05, 3.63) is 65.6 Å². The zero-order chi connectivity index (χ0) is 21.5. The van der Waals surface area contributed by atoms with Crippen LogP contribution in [0.1, 0.15) is 29.8 Å². The van der Waals surface area contributed by atoms with E-state index >= 15 is 0 Å². The summed E-state index contributed by atoms with van der Waals surface area (Å²) in [6.45, 7) is 8.23. The van der Waals surface area contributed by atoms with Gasteiger partial charge in [-0.25, -0.2) is 4.98 Å². The van der Waals surface area contributed by atoms with Crippen LogP contribution < -0.4 is 10.6 Å². The van der Waals surface area contributed by atoms with Crippen LogP contribution in [0.5, 0.6) is 0 Å². The highest BCUT2D eigenvalue weighted by molar-refractivity contribution is 5.93. The average Bonchev–Trinajstić information content (AvgIpc) is 3.10. The zero-order valence-electron chi connectivity index (χ0n) is 18.9.